The van der Waals surface area contributed by atoms with Crippen LogP contribution in [0.1, 0.15) is 74.7 Å². The van der Waals surface area contributed by atoms with Crippen molar-refractivity contribution in [3.63, 3.8) is 0 Å². The number of carbonyl (C=O) groups is 4. The predicted molar refractivity (Wildman–Crippen MR) is 456 cm³/mol. The maximum absolute atomic E-state index is 12.9. The van der Waals surface area contributed by atoms with E-state index in [-0.39, 0.29) is 52.4 Å². The molecule has 16 N–H and O–H groups in total. The van der Waals surface area contributed by atoms with Crippen LogP contribution in [0.5, 0.6) is 0 Å². The Morgan fingerprint density at radius 1 is 0.525 bits per heavy atom. The number of aliphatic hydroxyl groups excluding tert-OH is 7. The molecule has 4 fully saturated rings. The molecule has 15 atom stereocenters. The van der Waals surface area contributed by atoms with Gasteiger partial charge in [0.25, 0.3) is 33.4 Å². The zero-order valence-corrected chi connectivity index (χ0v) is 72.1. The number of fused-ring (bicyclic) bond motifs is 4. The highest BCUT2D eigenvalue weighted by Gasteiger charge is 2.51. The van der Waals surface area contributed by atoms with E-state index in [1.54, 1.807) is 24.6 Å². The number of imidazole rings is 4. The highest BCUT2D eigenvalue weighted by molar-refractivity contribution is 14.1. The van der Waals surface area contributed by atoms with Gasteiger partial charge in [-0.2, -0.15) is 28.4 Å². The molecule has 4 amide bonds. The minimum atomic E-state index is -4.33. The molecule has 11 aromatic rings. The van der Waals surface area contributed by atoms with Gasteiger partial charge in [0.2, 0.25) is 17.1 Å². The molecule has 48 heteroatoms. The second-order valence-electron chi connectivity index (χ2n) is 27.3. The summed E-state index contributed by atoms with van der Waals surface area (Å²) < 4.78 is 64.8. The molecule has 0 saturated carbocycles. The fourth-order valence-corrected chi connectivity index (χ4v) is 15.5. The van der Waals surface area contributed by atoms with E-state index in [9.17, 15) is 77.5 Å². The number of likely N-dealkylation sites (N-methyl/N-ethyl adjacent to an activating group) is 4. The maximum Gasteiger partial charge on any atom is 0.332 e. The second-order valence-corrected chi connectivity index (χ2v) is 31.6. The van der Waals surface area contributed by atoms with Crippen molar-refractivity contribution in [2.45, 2.75) is 163 Å². The molecular weight excluding hydrogens is 1870 g/mol. The number of amides is 4. The van der Waals surface area contributed by atoms with Gasteiger partial charge in [-0.1, -0.05) is 49.7 Å². The summed E-state index contributed by atoms with van der Waals surface area (Å²) in [6.07, 6.45) is -9.40. The number of ether oxygens (including phenoxy) is 4. The van der Waals surface area contributed by atoms with E-state index in [0.717, 1.165) is 35.7 Å². The van der Waals surface area contributed by atoms with Gasteiger partial charge < -0.3 is 97.2 Å². The van der Waals surface area contributed by atoms with Crippen molar-refractivity contribution >= 4 is 159 Å². The number of carbonyl (C=O) groups excluding carboxylic acids is 4. The number of hydrogen-bond donors (Lipinski definition) is 16. The van der Waals surface area contributed by atoms with Crippen LogP contribution in [-0.4, -0.2) is 252 Å². The van der Waals surface area contributed by atoms with E-state index in [2.05, 4.69) is 163 Å². The Labute approximate surface area is 726 Å². The van der Waals surface area contributed by atoms with Crippen LogP contribution < -0.4 is 53.8 Å². The molecular formula is C74H89ClI2N24O20S. The summed E-state index contributed by atoms with van der Waals surface area (Å²) in [7, 11) is 3.10. The first kappa shape index (κ1) is 92.2. The first-order valence-corrected chi connectivity index (χ1v) is 41.7. The molecule has 4 aliphatic rings. The Morgan fingerprint density at radius 2 is 0.975 bits per heavy atom. The van der Waals surface area contributed by atoms with Gasteiger partial charge >= 0.3 is 5.69 Å². The van der Waals surface area contributed by atoms with Crippen molar-refractivity contribution in [2.24, 2.45) is 0 Å². The molecule has 15 unspecified atom stereocenters. The molecule has 122 heavy (non-hydrogen) atoms. The lowest BCUT2D eigenvalue weighted by atomic mass is 10.1. The molecule has 8 aromatic heterocycles. The van der Waals surface area contributed by atoms with E-state index in [0.29, 0.717) is 76.4 Å². The van der Waals surface area contributed by atoms with Crippen LogP contribution in [0, 0.1) is 7.14 Å². The normalized spacial score (nSPS) is 22.8. The number of nitrogens with zero attached hydrogens (tertiary/aromatic N) is 16. The number of aliphatic hydroxyl groups is 7. The molecule has 652 valence electrons. The summed E-state index contributed by atoms with van der Waals surface area (Å²) in [5.74, 6) is -0.336. The summed E-state index contributed by atoms with van der Waals surface area (Å²) in [6.45, 7) is 11.5. The van der Waals surface area contributed by atoms with Crippen LogP contribution in [0.15, 0.2) is 132 Å². The van der Waals surface area contributed by atoms with Gasteiger partial charge in [-0.15, -0.1) is 13.2 Å². The molecule has 44 nitrogen and oxygen atoms in total. The molecule has 0 radical (unpaired) electrons. The zero-order valence-electron chi connectivity index (χ0n) is 66.2. The van der Waals surface area contributed by atoms with Crippen molar-refractivity contribution in [3.8, 4) is 0 Å². The van der Waals surface area contributed by atoms with Gasteiger partial charge in [0.15, 0.2) is 105 Å². The summed E-state index contributed by atoms with van der Waals surface area (Å²) in [5, 5.41) is 94.5. The van der Waals surface area contributed by atoms with Gasteiger partial charge in [0.05, 0.1) is 30.2 Å². The average molecular weight is 1960 g/mol. The fourth-order valence-electron chi connectivity index (χ4n) is 13.5. The number of aryl methyl sites for hydroxylation is 1. The third-order valence-electron chi connectivity index (χ3n) is 19.7. The summed E-state index contributed by atoms with van der Waals surface area (Å²) in [4.78, 5) is 116. The van der Waals surface area contributed by atoms with Gasteiger partial charge in [-0.25, -0.2) is 34.7 Å². The first-order valence-electron chi connectivity index (χ1n) is 37.7. The summed E-state index contributed by atoms with van der Waals surface area (Å²) in [6, 6.07) is 21.9. The highest BCUT2D eigenvalue weighted by Crippen LogP contribution is 2.38. The molecule has 0 bridgehead atoms. The van der Waals surface area contributed by atoms with Crippen molar-refractivity contribution in [2.75, 3.05) is 56.5 Å². The maximum atomic E-state index is 12.9. The standard InChI is InChI=1S/C19H22IN7O4.C18H18ClIN6O3.C18H20N6O7S.C17H25N5O6.C2H4/c1-21-17(30)14-12(28)13(29)18(31-14)27-8-24-11-15(25-19(22-2)26-16(11)27)23-7-9-4-3-5-10(20)6-9;1-21-16(28)12-6-11(27)17(29-12)26-8-23-13-14(24-18(19)25-15(13)26)22-7-9-3-2-4-10(20)5-9;1-19-17(27)14-12(25)13(26)18(31-14)24-8-23-11-15(21-7-22-16(11)24)20-6-9-3-2-4-10(5-9)32(28,29)30;1-4-6-7-21-13-9(15(26)20(5-2)17(21)27)22(8-19-13)16-11(24)10(23)12(28-16)14(25)18-3;1-2/h3-6,8,12-14,18,28-29H,7H2,1-2H3,(H,21,30)(H2,22,23,25,26);2-5,8,11-12,17,27H,6-7H2,1H3,(H,21,28)(H,22,24,25);2-5,7-8,12-14,18,25-26H,6H2,1H3,(H,19,27)(H,20,21,22)(H,28,29,30);8,10-12,16,23-24H,4-7H2,1-3H3,(H,18,25);1-2H2. The Bertz CT molecular complexity index is 5840. The number of unbranched alkanes of at least 4 members (excludes halogenated alkanes) is 1. The molecule has 0 aliphatic carbocycles. The number of rotatable bonds is 23. The fraction of sp³-hybridized carbons (Fsp3) is 0.405. The van der Waals surface area contributed by atoms with Crippen LogP contribution in [0.2, 0.25) is 5.28 Å². The number of halogens is 3. The Hall–Kier alpha value is -10.5. The van der Waals surface area contributed by atoms with E-state index in [4.69, 9.17) is 30.5 Å². The zero-order chi connectivity index (χ0) is 88.3. The lowest BCUT2D eigenvalue weighted by Crippen LogP contribution is -2.41. The number of hydrogen-bond acceptors (Lipinski definition) is 33. The molecule has 15 rings (SSSR count). The molecule has 4 aliphatic heterocycles. The smallest absolute Gasteiger partial charge is 0.332 e. The summed E-state index contributed by atoms with van der Waals surface area (Å²) >= 11 is 10.6. The monoisotopic (exact) mass is 1950 g/mol. The SMILES string of the molecule is C=C.CCCCn1c(=O)n(CC)c(=O)c2c1ncn2C1OC(C(=O)NC)C(O)C1O.CNC(=O)C1CC(O)C(n2cnc3c(NCc4cccc(I)c4)nc(Cl)nc32)O1.CNC(=O)C1OC(n2cnc3c(NCc4cccc(I)c4)nc(NC)nc32)C(O)C1O.CNC(=O)C1OC(n2cnc3c(NCc4cccc(S(=O)(=O)O)c4)ncnc32)C(O)C1O. The quantitative estimate of drug-likeness (QED) is 0.0183. The third-order valence-corrected chi connectivity index (χ3v) is 22.1. The van der Waals surface area contributed by atoms with E-state index in [1.165, 1.54) is 96.3 Å². The van der Waals surface area contributed by atoms with Crippen LogP contribution >= 0.6 is 56.8 Å². The Morgan fingerprint density at radius 3 is 1.46 bits per heavy atom. The van der Waals surface area contributed by atoms with Crippen molar-refractivity contribution < 1.29 is 86.8 Å². The van der Waals surface area contributed by atoms with Crippen LogP contribution in [0.3, 0.4) is 0 Å². The minimum absolute atomic E-state index is 0.0414. The predicted octanol–water partition coefficient (Wildman–Crippen LogP) is 0.938. The van der Waals surface area contributed by atoms with Gasteiger partial charge in [-0.05, 0) is 123 Å². The molecule has 0 spiro atoms. The van der Waals surface area contributed by atoms with E-state index < -0.39 is 131 Å². The summed E-state index contributed by atoms with van der Waals surface area (Å²) in [5.41, 5.74) is 4.35. The molecule has 12 heterocycles. The van der Waals surface area contributed by atoms with Gasteiger partial charge in [0.1, 0.15) is 55.2 Å². The van der Waals surface area contributed by atoms with Crippen LogP contribution in [-0.2, 0) is 81.0 Å². The van der Waals surface area contributed by atoms with Crippen molar-refractivity contribution in [3.05, 3.63) is 168 Å². The Kier molecular flexibility index (Phi) is 30.7. The topological polar surface area (TPSA) is 590 Å². The highest BCUT2D eigenvalue weighted by atomic mass is 127. The molecule has 3 aromatic carbocycles. The number of benzene rings is 3. The van der Waals surface area contributed by atoms with E-state index in [1.807, 2.05) is 43.3 Å². The van der Waals surface area contributed by atoms with Gasteiger partial charge in [-0.3, -0.25) is 55.9 Å². The number of nitrogens with one attached hydrogen (secondary N) is 8. The average Bonchev–Trinajstić information content (AvgIpc) is 1.57. The minimum Gasteiger partial charge on any atom is -0.388 e. The van der Waals surface area contributed by atoms with Crippen LogP contribution in [0.25, 0.3) is 44.7 Å². The lowest BCUT2D eigenvalue weighted by molar-refractivity contribution is -0.137. The molecule has 4 saturated heterocycles. The van der Waals surface area contributed by atoms with Gasteiger partial charge in [0, 0.05) is 81.5 Å². The Balaban J connectivity index is 0.000000158. The number of aromatic nitrogens is 16. The van der Waals surface area contributed by atoms with Crippen molar-refractivity contribution in [1.82, 2.24) is 98.5 Å². The number of anilines is 4. The second kappa shape index (κ2) is 40.7. The van der Waals surface area contributed by atoms with Crippen molar-refractivity contribution in [1.29, 1.82) is 0 Å². The largest absolute Gasteiger partial charge is 0.388 e. The van der Waals surface area contributed by atoms with E-state index >= 15 is 0 Å². The van der Waals surface area contributed by atoms with Crippen LogP contribution in [0.4, 0.5) is 23.4 Å². The lowest BCUT2D eigenvalue weighted by Gasteiger charge is -2.17. The third kappa shape index (κ3) is 19.9. The first-order chi connectivity index (χ1) is 58.4.